The molecule has 1 atom stereocenters. The number of nitrogens with zero attached hydrogens (tertiary/aromatic N) is 1. The first-order valence-corrected chi connectivity index (χ1v) is 9.02. The Morgan fingerprint density at radius 3 is 2.74 bits per heavy atom. The van der Waals surface area contributed by atoms with E-state index in [1.54, 1.807) is 6.07 Å². The second-order valence-electron chi connectivity index (χ2n) is 6.44. The lowest BCUT2D eigenvalue weighted by molar-refractivity contribution is -0.141. The normalized spacial score (nSPS) is 16.6. The molecule has 1 unspecified atom stereocenters. The summed E-state index contributed by atoms with van der Waals surface area (Å²) in [6.07, 6.45) is 0.298. The van der Waals surface area contributed by atoms with Crippen molar-refractivity contribution in [1.29, 1.82) is 0 Å². The van der Waals surface area contributed by atoms with Crippen LogP contribution in [0, 0.1) is 0 Å². The van der Waals surface area contributed by atoms with Gasteiger partial charge in [0.25, 0.3) is 0 Å². The molecule has 1 heterocycles. The van der Waals surface area contributed by atoms with Crippen molar-refractivity contribution in [3.63, 3.8) is 0 Å². The molecular formula is C21H24N2O4. The molecule has 142 valence electrons. The van der Waals surface area contributed by atoms with Crippen LogP contribution in [0.5, 0.6) is 0 Å². The van der Waals surface area contributed by atoms with Gasteiger partial charge in [-0.1, -0.05) is 36.4 Å². The quantitative estimate of drug-likeness (QED) is 0.790. The predicted octanol–water partition coefficient (Wildman–Crippen LogP) is 2.38. The Morgan fingerprint density at radius 1 is 1.15 bits per heavy atom. The molecule has 1 fully saturated rings. The van der Waals surface area contributed by atoms with Gasteiger partial charge in [-0.15, -0.1) is 0 Å². The molecule has 0 radical (unpaired) electrons. The fourth-order valence-corrected chi connectivity index (χ4v) is 3.18. The summed E-state index contributed by atoms with van der Waals surface area (Å²) in [4.78, 5) is 26.3. The van der Waals surface area contributed by atoms with Crippen LogP contribution in [0.15, 0.2) is 54.6 Å². The average molecular weight is 368 g/mol. The van der Waals surface area contributed by atoms with E-state index in [1.807, 2.05) is 48.5 Å². The lowest BCUT2D eigenvalue weighted by atomic mass is 10.1. The monoisotopic (exact) mass is 368 g/mol. The Bertz CT molecular complexity index is 779. The maximum Gasteiger partial charge on any atom is 0.338 e. The number of hydrogen-bond acceptors (Lipinski definition) is 6. The first kappa shape index (κ1) is 18.9. The predicted molar refractivity (Wildman–Crippen MR) is 103 cm³/mol. The number of rotatable bonds is 6. The highest BCUT2D eigenvalue weighted by molar-refractivity contribution is 5.90. The van der Waals surface area contributed by atoms with Crippen LogP contribution >= 0.6 is 0 Å². The van der Waals surface area contributed by atoms with Gasteiger partial charge in [0.1, 0.15) is 6.61 Å². The summed E-state index contributed by atoms with van der Waals surface area (Å²) in [5.74, 6) is -0.604. The SMILES string of the molecule is COC(=O)CC1CNCCN1c1cccc(C(=O)OCc2ccccc2)c1. The molecule has 2 aromatic rings. The molecule has 0 spiro atoms. The van der Waals surface area contributed by atoms with Crippen LogP contribution in [-0.4, -0.2) is 44.7 Å². The maximum absolute atomic E-state index is 12.4. The standard InChI is InChI=1S/C21H24N2O4/c1-26-20(24)13-19-14-22-10-11-23(19)18-9-5-8-17(12-18)21(25)27-15-16-6-3-2-4-7-16/h2-9,12,19,22H,10-11,13-15H2,1H3. The number of anilines is 1. The van der Waals surface area contributed by atoms with Gasteiger partial charge in [0.2, 0.25) is 0 Å². The number of carbonyl (C=O) groups is 2. The van der Waals surface area contributed by atoms with Gasteiger partial charge in [-0.05, 0) is 23.8 Å². The van der Waals surface area contributed by atoms with E-state index in [0.717, 1.165) is 24.3 Å². The van der Waals surface area contributed by atoms with E-state index in [4.69, 9.17) is 9.47 Å². The van der Waals surface area contributed by atoms with Crippen molar-refractivity contribution < 1.29 is 19.1 Å². The molecule has 6 nitrogen and oxygen atoms in total. The molecule has 1 aliphatic heterocycles. The first-order chi connectivity index (χ1) is 13.2. The summed E-state index contributed by atoms with van der Waals surface area (Å²) in [5, 5.41) is 3.30. The molecule has 1 N–H and O–H groups in total. The zero-order valence-corrected chi connectivity index (χ0v) is 15.4. The second kappa shape index (κ2) is 9.19. The number of piperazine rings is 1. The molecule has 2 aromatic carbocycles. The van der Waals surface area contributed by atoms with Gasteiger partial charge in [-0.3, -0.25) is 4.79 Å². The molecule has 1 saturated heterocycles. The first-order valence-electron chi connectivity index (χ1n) is 9.02. The van der Waals surface area contributed by atoms with Gasteiger partial charge in [0, 0.05) is 25.3 Å². The fourth-order valence-electron chi connectivity index (χ4n) is 3.18. The summed E-state index contributed by atoms with van der Waals surface area (Å²) in [6.45, 7) is 2.50. The van der Waals surface area contributed by atoms with Gasteiger partial charge in [0.15, 0.2) is 0 Å². The summed E-state index contributed by atoms with van der Waals surface area (Å²) >= 11 is 0. The van der Waals surface area contributed by atoms with Crippen LogP contribution in [-0.2, 0) is 20.9 Å². The van der Waals surface area contributed by atoms with Crippen LogP contribution < -0.4 is 10.2 Å². The van der Waals surface area contributed by atoms with E-state index >= 15 is 0 Å². The Labute approximate surface area is 159 Å². The van der Waals surface area contributed by atoms with Crippen molar-refractivity contribution in [2.45, 2.75) is 19.1 Å². The number of nitrogens with one attached hydrogen (secondary N) is 1. The lowest BCUT2D eigenvalue weighted by Crippen LogP contribution is -2.52. The Morgan fingerprint density at radius 2 is 1.96 bits per heavy atom. The summed E-state index contributed by atoms with van der Waals surface area (Å²) < 4.78 is 10.2. The van der Waals surface area contributed by atoms with E-state index in [0.29, 0.717) is 18.5 Å². The molecule has 0 saturated carbocycles. The lowest BCUT2D eigenvalue weighted by Gasteiger charge is -2.37. The summed E-state index contributed by atoms with van der Waals surface area (Å²) in [6, 6.07) is 16.9. The van der Waals surface area contributed by atoms with Crippen molar-refractivity contribution in [2.75, 3.05) is 31.6 Å². The molecule has 0 bridgehead atoms. The van der Waals surface area contributed by atoms with E-state index in [1.165, 1.54) is 7.11 Å². The van der Waals surface area contributed by atoms with Crippen molar-refractivity contribution in [1.82, 2.24) is 5.32 Å². The molecule has 27 heavy (non-hydrogen) atoms. The third-order valence-corrected chi connectivity index (χ3v) is 4.61. The zero-order chi connectivity index (χ0) is 19.1. The van der Waals surface area contributed by atoms with E-state index in [2.05, 4.69) is 10.2 Å². The van der Waals surface area contributed by atoms with Crippen molar-refractivity contribution in [3.8, 4) is 0 Å². The third-order valence-electron chi connectivity index (χ3n) is 4.61. The zero-order valence-electron chi connectivity index (χ0n) is 15.4. The molecule has 0 aliphatic carbocycles. The number of esters is 2. The van der Waals surface area contributed by atoms with E-state index in [9.17, 15) is 9.59 Å². The highest BCUT2D eigenvalue weighted by Gasteiger charge is 2.25. The van der Waals surface area contributed by atoms with Gasteiger partial charge >= 0.3 is 11.9 Å². The Kier molecular flexibility index (Phi) is 6.44. The number of methoxy groups -OCH3 is 1. The van der Waals surface area contributed by atoms with Gasteiger partial charge < -0.3 is 19.7 Å². The number of hydrogen-bond donors (Lipinski definition) is 1. The van der Waals surface area contributed by atoms with Gasteiger partial charge in [-0.25, -0.2) is 4.79 Å². The van der Waals surface area contributed by atoms with E-state index in [-0.39, 0.29) is 24.6 Å². The Hall–Kier alpha value is -2.86. The van der Waals surface area contributed by atoms with Crippen LogP contribution in [0.3, 0.4) is 0 Å². The fraction of sp³-hybridized carbons (Fsp3) is 0.333. The third kappa shape index (κ3) is 5.08. The maximum atomic E-state index is 12.4. The molecule has 6 heteroatoms. The van der Waals surface area contributed by atoms with Crippen LogP contribution in [0.4, 0.5) is 5.69 Å². The van der Waals surface area contributed by atoms with Gasteiger partial charge in [0.05, 0.1) is 25.1 Å². The smallest absolute Gasteiger partial charge is 0.338 e. The summed E-state index contributed by atoms with van der Waals surface area (Å²) in [7, 11) is 1.40. The minimum Gasteiger partial charge on any atom is -0.469 e. The highest BCUT2D eigenvalue weighted by atomic mass is 16.5. The van der Waals surface area contributed by atoms with Crippen LogP contribution in [0.2, 0.25) is 0 Å². The highest BCUT2D eigenvalue weighted by Crippen LogP contribution is 2.22. The minimum atomic E-state index is -0.361. The number of benzene rings is 2. The topological polar surface area (TPSA) is 67.9 Å². The van der Waals surface area contributed by atoms with Crippen LogP contribution in [0.25, 0.3) is 0 Å². The van der Waals surface area contributed by atoms with Crippen molar-refractivity contribution in [2.24, 2.45) is 0 Å². The largest absolute Gasteiger partial charge is 0.469 e. The minimum absolute atomic E-state index is 0.0122. The molecule has 1 aliphatic rings. The Balaban J connectivity index is 1.69. The second-order valence-corrected chi connectivity index (χ2v) is 6.44. The number of ether oxygens (including phenoxy) is 2. The van der Waals surface area contributed by atoms with Gasteiger partial charge in [-0.2, -0.15) is 0 Å². The van der Waals surface area contributed by atoms with Crippen molar-refractivity contribution in [3.05, 3.63) is 65.7 Å². The number of carbonyl (C=O) groups excluding carboxylic acids is 2. The van der Waals surface area contributed by atoms with E-state index < -0.39 is 0 Å². The molecule has 0 aromatic heterocycles. The molecular weight excluding hydrogens is 344 g/mol. The average Bonchev–Trinajstić information content (AvgIpc) is 2.73. The van der Waals surface area contributed by atoms with Crippen LogP contribution in [0.1, 0.15) is 22.3 Å². The summed E-state index contributed by atoms with van der Waals surface area (Å²) in [5.41, 5.74) is 2.35. The van der Waals surface area contributed by atoms with Crippen molar-refractivity contribution >= 4 is 17.6 Å². The molecule has 0 amide bonds. The molecule has 3 rings (SSSR count).